The van der Waals surface area contributed by atoms with E-state index >= 15 is 0 Å². The largest absolute Gasteiger partial charge is 0.452 e. The Hall–Kier alpha value is -4.00. The molecule has 3 aromatic rings. The fourth-order valence-corrected chi connectivity index (χ4v) is 3.84. The lowest BCUT2D eigenvalue weighted by atomic mass is 9.86. The fourth-order valence-electron chi connectivity index (χ4n) is 3.84. The van der Waals surface area contributed by atoms with Gasteiger partial charge in [0.2, 0.25) is 0 Å². The van der Waals surface area contributed by atoms with Gasteiger partial charge in [-0.15, -0.1) is 0 Å². The zero-order valence-electron chi connectivity index (χ0n) is 16.8. The van der Waals surface area contributed by atoms with Crippen LogP contribution < -0.4 is 11.1 Å². The number of amides is 3. The Morgan fingerprint density at radius 1 is 1.03 bits per heavy atom. The van der Waals surface area contributed by atoms with Crippen LogP contribution in [0.25, 0.3) is 22.6 Å². The van der Waals surface area contributed by atoms with E-state index in [1.165, 1.54) is 0 Å². The number of para-hydroxylation sites is 1. The zero-order chi connectivity index (χ0) is 21.8. The molecule has 0 spiro atoms. The number of urea groups is 1. The molecule has 1 heterocycles. The van der Waals surface area contributed by atoms with Crippen molar-refractivity contribution in [2.75, 3.05) is 6.61 Å². The van der Waals surface area contributed by atoms with Gasteiger partial charge in [0.1, 0.15) is 0 Å². The molecule has 0 saturated heterocycles. The Bertz CT molecular complexity index is 1200. The van der Waals surface area contributed by atoms with E-state index in [2.05, 4.69) is 6.08 Å². The van der Waals surface area contributed by atoms with Crippen molar-refractivity contribution in [2.24, 2.45) is 5.73 Å². The second-order valence-electron chi connectivity index (χ2n) is 7.25. The highest BCUT2D eigenvalue weighted by molar-refractivity contribution is 6.07. The number of allylic oxidation sites excluding steroid dienone is 1. The molecule has 1 aliphatic carbocycles. The number of nitrogens with two attached hydrogens (primary N) is 1. The number of rotatable bonds is 4. The van der Waals surface area contributed by atoms with Crippen molar-refractivity contribution in [3.63, 3.8) is 0 Å². The van der Waals surface area contributed by atoms with Crippen molar-refractivity contribution < 1.29 is 19.1 Å². The zero-order valence-corrected chi connectivity index (χ0v) is 16.8. The number of carbonyl (C=O) groups excluding carboxylic acids is 3. The van der Waals surface area contributed by atoms with Crippen LogP contribution in [0.15, 0.2) is 54.6 Å². The van der Waals surface area contributed by atoms with Crippen molar-refractivity contribution in [2.45, 2.75) is 19.3 Å². The first-order valence-corrected chi connectivity index (χ1v) is 9.97. The van der Waals surface area contributed by atoms with Crippen molar-refractivity contribution in [3.8, 4) is 0 Å². The molecule has 0 radical (unpaired) electrons. The molecular formula is C24H21N3O4. The molecule has 0 bridgehead atoms. The van der Waals surface area contributed by atoms with E-state index in [4.69, 9.17) is 15.5 Å². The Morgan fingerprint density at radius 2 is 1.77 bits per heavy atom. The summed E-state index contributed by atoms with van der Waals surface area (Å²) >= 11 is 0. The van der Waals surface area contributed by atoms with Gasteiger partial charge in [-0.05, 0) is 48.1 Å². The molecule has 156 valence electrons. The first-order valence-electron chi connectivity index (χ1n) is 9.97. The fraction of sp³-hybridized carbons (Fsp3) is 0.167. The number of hydrogen-bond acceptors (Lipinski definition) is 5. The number of benzene rings is 2. The van der Waals surface area contributed by atoms with Gasteiger partial charge in [0.25, 0.3) is 5.91 Å². The highest BCUT2D eigenvalue weighted by Crippen LogP contribution is 2.36. The van der Waals surface area contributed by atoms with Crippen LogP contribution in [0.3, 0.4) is 0 Å². The standard InChI is InChI=1S/C24H21N3O4/c25-24(30)27-20(28)14-31-23(29)21-17-10-4-5-12-19(17)26-22-16(9-6-11-18(21)22)13-15-7-2-1-3-8-15/h1-5,7-8,10,12-13H,6,9,11,14H2,(H3,25,27,28,30)/b16-13+. The summed E-state index contributed by atoms with van der Waals surface area (Å²) in [5.74, 6) is -1.41. The molecule has 0 saturated carbocycles. The first-order chi connectivity index (χ1) is 15.0. The quantitative estimate of drug-likeness (QED) is 0.634. The number of aromatic nitrogens is 1. The van der Waals surface area contributed by atoms with E-state index in [1.807, 2.05) is 59.9 Å². The number of hydrogen-bond donors (Lipinski definition) is 2. The summed E-state index contributed by atoms with van der Waals surface area (Å²) in [5, 5.41) is 2.55. The van der Waals surface area contributed by atoms with Gasteiger partial charge in [-0.2, -0.15) is 0 Å². The van der Waals surface area contributed by atoms with Crippen molar-refractivity contribution in [1.29, 1.82) is 0 Å². The Morgan fingerprint density at radius 3 is 2.55 bits per heavy atom. The number of carbonyl (C=O) groups is 3. The summed E-state index contributed by atoms with van der Waals surface area (Å²) < 4.78 is 5.21. The lowest BCUT2D eigenvalue weighted by Gasteiger charge is -2.22. The molecule has 0 unspecified atom stereocenters. The van der Waals surface area contributed by atoms with Gasteiger partial charge in [0.15, 0.2) is 6.61 Å². The summed E-state index contributed by atoms with van der Waals surface area (Å²) in [6.07, 6.45) is 4.49. The third kappa shape index (κ3) is 4.45. The Labute approximate surface area is 178 Å². The predicted molar refractivity (Wildman–Crippen MR) is 117 cm³/mol. The van der Waals surface area contributed by atoms with E-state index in [0.717, 1.165) is 35.2 Å². The maximum Gasteiger partial charge on any atom is 0.339 e. The van der Waals surface area contributed by atoms with Gasteiger partial charge in [-0.1, -0.05) is 48.5 Å². The number of imide groups is 1. The van der Waals surface area contributed by atoms with E-state index in [1.54, 1.807) is 0 Å². The molecule has 2 aromatic carbocycles. The minimum absolute atomic E-state index is 0.408. The van der Waals surface area contributed by atoms with E-state index in [9.17, 15) is 14.4 Å². The van der Waals surface area contributed by atoms with Crippen LogP contribution in [-0.4, -0.2) is 29.5 Å². The van der Waals surface area contributed by atoms with E-state index in [0.29, 0.717) is 22.9 Å². The van der Waals surface area contributed by atoms with Gasteiger partial charge in [-0.3, -0.25) is 10.1 Å². The molecule has 0 aliphatic heterocycles. The predicted octanol–water partition coefficient (Wildman–Crippen LogP) is 3.46. The molecule has 0 fully saturated rings. The Balaban J connectivity index is 1.77. The van der Waals surface area contributed by atoms with Crippen LogP contribution in [0.1, 0.15) is 40.0 Å². The molecule has 0 atom stereocenters. The number of primary amides is 1. The highest BCUT2D eigenvalue weighted by Gasteiger charge is 2.26. The normalized spacial score (nSPS) is 14.1. The minimum atomic E-state index is -0.997. The van der Waals surface area contributed by atoms with Crippen molar-refractivity contribution in [1.82, 2.24) is 10.3 Å². The average Bonchev–Trinajstić information content (AvgIpc) is 2.76. The summed E-state index contributed by atoms with van der Waals surface area (Å²) in [5.41, 5.74) is 9.72. The molecule has 1 aliphatic rings. The Kier molecular flexibility index (Phi) is 5.75. The first kappa shape index (κ1) is 20.3. The number of fused-ring (bicyclic) bond motifs is 2. The molecule has 31 heavy (non-hydrogen) atoms. The van der Waals surface area contributed by atoms with Gasteiger partial charge in [-0.25, -0.2) is 14.6 Å². The maximum absolute atomic E-state index is 13.0. The number of esters is 1. The van der Waals surface area contributed by atoms with Crippen molar-refractivity contribution in [3.05, 3.63) is 77.0 Å². The minimum Gasteiger partial charge on any atom is -0.452 e. The van der Waals surface area contributed by atoms with Gasteiger partial charge < -0.3 is 10.5 Å². The summed E-state index contributed by atoms with van der Waals surface area (Å²) in [4.78, 5) is 40.4. The monoisotopic (exact) mass is 415 g/mol. The van der Waals surface area contributed by atoms with Gasteiger partial charge >= 0.3 is 12.0 Å². The molecule has 7 nitrogen and oxygen atoms in total. The van der Waals surface area contributed by atoms with Crippen LogP contribution in [0.5, 0.6) is 0 Å². The molecule has 3 amide bonds. The summed E-state index contributed by atoms with van der Waals surface area (Å²) in [7, 11) is 0. The lowest BCUT2D eigenvalue weighted by Crippen LogP contribution is -2.37. The average molecular weight is 415 g/mol. The lowest BCUT2D eigenvalue weighted by molar-refractivity contribution is -0.123. The highest BCUT2D eigenvalue weighted by atomic mass is 16.5. The van der Waals surface area contributed by atoms with Crippen molar-refractivity contribution >= 4 is 40.5 Å². The van der Waals surface area contributed by atoms with Gasteiger partial charge in [0.05, 0.1) is 16.8 Å². The van der Waals surface area contributed by atoms with Crippen LogP contribution >= 0.6 is 0 Å². The van der Waals surface area contributed by atoms with Crippen LogP contribution in [0.2, 0.25) is 0 Å². The maximum atomic E-state index is 13.0. The third-order valence-electron chi connectivity index (χ3n) is 5.11. The summed E-state index contributed by atoms with van der Waals surface area (Å²) in [6, 6.07) is 16.3. The van der Waals surface area contributed by atoms with E-state index < -0.39 is 24.5 Å². The SMILES string of the molecule is NC(=O)NC(=O)COC(=O)c1c2c(nc3ccccc13)/C(=C/c1ccccc1)CCC2. The molecule has 4 rings (SSSR count). The molecule has 1 aromatic heterocycles. The van der Waals surface area contributed by atoms with Crippen LogP contribution in [0.4, 0.5) is 4.79 Å². The van der Waals surface area contributed by atoms with Gasteiger partial charge in [0, 0.05) is 5.39 Å². The number of ether oxygens (including phenoxy) is 1. The van der Waals surface area contributed by atoms with E-state index in [-0.39, 0.29) is 0 Å². The molecule has 3 N–H and O–H groups in total. The summed E-state index contributed by atoms with van der Waals surface area (Å²) in [6.45, 7) is -0.597. The number of nitrogens with one attached hydrogen (secondary N) is 1. The second-order valence-corrected chi connectivity index (χ2v) is 7.25. The van der Waals surface area contributed by atoms with Crippen LogP contribution in [-0.2, 0) is 16.0 Å². The molecule has 7 heteroatoms. The number of pyridine rings is 1. The number of nitrogens with zero attached hydrogens (tertiary/aromatic N) is 1. The second kappa shape index (κ2) is 8.79. The topological polar surface area (TPSA) is 111 Å². The van der Waals surface area contributed by atoms with Crippen LogP contribution in [0, 0.1) is 0 Å². The smallest absolute Gasteiger partial charge is 0.339 e. The molecular weight excluding hydrogens is 394 g/mol. The third-order valence-corrected chi connectivity index (χ3v) is 5.11.